The molecule has 7 heteroatoms. The molecule has 0 atom stereocenters. The molecule has 0 bridgehead atoms. The summed E-state index contributed by atoms with van der Waals surface area (Å²) in [6.45, 7) is 6.31. The number of pyridine rings is 1. The molecule has 3 rings (SSSR count). The van der Waals surface area contributed by atoms with Crippen LogP contribution in [-0.2, 0) is 11.3 Å². The molecule has 0 spiro atoms. The lowest BCUT2D eigenvalue weighted by atomic mass is 10.1. The minimum absolute atomic E-state index is 0.341. The molecule has 154 valence electrons. The van der Waals surface area contributed by atoms with E-state index in [9.17, 15) is 5.26 Å². The number of nitrogens with one attached hydrogen (secondary N) is 1. The van der Waals surface area contributed by atoms with Crippen LogP contribution in [0.15, 0.2) is 41.5 Å². The van der Waals surface area contributed by atoms with Crippen molar-refractivity contribution in [2.75, 3.05) is 19.6 Å². The third-order valence-electron chi connectivity index (χ3n) is 4.82. The number of nitriles is 1. The number of nitrogens with zero attached hydrogens (tertiary/aromatic N) is 4. The fourth-order valence-electron chi connectivity index (χ4n) is 3.43. The number of hydrogen-bond acceptors (Lipinski definition) is 6. The molecule has 0 aliphatic heterocycles. The molecule has 30 heavy (non-hydrogen) atoms. The summed E-state index contributed by atoms with van der Waals surface area (Å²) in [5.74, 6) is 1.24. The first-order chi connectivity index (χ1) is 14.5. The van der Waals surface area contributed by atoms with Crippen molar-refractivity contribution < 1.29 is 9.47 Å². The van der Waals surface area contributed by atoms with Crippen LogP contribution in [0.2, 0.25) is 0 Å². The first-order valence-corrected chi connectivity index (χ1v) is 9.50. The molecule has 3 aromatic rings. The highest BCUT2D eigenvalue weighted by Gasteiger charge is 2.12. The number of hydrogen-bond donors (Lipinski definition) is 1. The highest BCUT2D eigenvalue weighted by atomic mass is 16.5. The van der Waals surface area contributed by atoms with Crippen LogP contribution in [0.4, 0.5) is 5.82 Å². The van der Waals surface area contributed by atoms with Crippen molar-refractivity contribution in [3.63, 3.8) is 0 Å². The van der Waals surface area contributed by atoms with Crippen LogP contribution in [0.5, 0.6) is 5.75 Å². The standard InChI is InChI=1S/C23H25N5O2/c1-15-10-19(14-29-4)22(12-24)23(26-15)27-25-13-18-11-16(2)28(17(18)3)20-6-8-21(30-5)9-7-20/h6-11,13H,14H2,1-5H3,(H,26,27)/b25-13+. The van der Waals surface area contributed by atoms with E-state index in [4.69, 9.17) is 9.47 Å². The van der Waals surface area contributed by atoms with Crippen molar-refractivity contribution in [2.24, 2.45) is 5.10 Å². The van der Waals surface area contributed by atoms with Crippen molar-refractivity contribution in [3.8, 4) is 17.5 Å². The summed E-state index contributed by atoms with van der Waals surface area (Å²) in [6, 6.07) is 14.0. The van der Waals surface area contributed by atoms with Gasteiger partial charge in [0.1, 0.15) is 17.4 Å². The molecule has 0 saturated carbocycles. The van der Waals surface area contributed by atoms with E-state index in [1.807, 2.05) is 44.2 Å². The average molecular weight is 403 g/mol. The first-order valence-electron chi connectivity index (χ1n) is 9.50. The first kappa shape index (κ1) is 21.1. The Balaban J connectivity index is 1.87. The molecule has 0 aliphatic rings. The van der Waals surface area contributed by atoms with E-state index in [1.54, 1.807) is 20.4 Å². The molecule has 0 saturated heterocycles. The molecule has 0 fully saturated rings. The topological polar surface area (TPSA) is 84.5 Å². The molecule has 2 aromatic heterocycles. The van der Waals surface area contributed by atoms with E-state index in [-0.39, 0.29) is 0 Å². The van der Waals surface area contributed by atoms with Gasteiger partial charge < -0.3 is 14.0 Å². The van der Waals surface area contributed by atoms with Gasteiger partial charge in [0.25, 0.3) is 0 Å². The summed E-state index contributed by atoms with van der Waals surface area (Å²) in [5.41, 5.74) is 9.09. The average Bonchev–Trinajstić information content (AvgIpc) is 3.01. The maximum absolute atomic E-state index is 9.53. The Kier molecular flexibility index (Phi) is 6.50. The second kappa shape index (κ2) is 9.25. The van der Waals surface area contributed by atoms with Crippen LogP contribution in [-0.4, -0.2) is 30.0 Å². The SMILES string of the molecule is COCc1cc(C)nc(N/N=C/c2cc(C)n(-c3ccc(OC)cc3)c2C)c1C#N. The van der Waals surface area contributed by atoms with Crippen molar-refractivity contribution in [1.82, 2.24) is 9.55 Å². The van der Waals surface area contributed by atoms with Gasteiger partial charge >= 0.3 is 0 Å². The molecule has 0 amide bonds. The number of methoxy groups -OCH3 is 2. The van der Waals surface area contributed by atoms with Gasteiger partial charge in [0.05, 0.1) is 19.9 Å². The van der Waals surface area contributed by atoms with E-state index in [0.717, 1.165) is 39.6 Å². The van der Waals surface area contributed by atoms with Crippen LogP contribution >= 0.6 is 0 Å². The molecule has 1 N–H and O–H groups in total. The third-order valence-corrected chi connectivity index (χ3v) is 4.82. The molecule has 0 radical (unpaired) electrons. The quantitative estimate of drug-likeness (QED) is 0.470. The fourth-order valence-corrected chi connectivity index (χ4v) is 3.43. The number of anilines is 1. The van der Waals surface area contributed by atoms with Gasteiger partial charge in [-0.3, -0.25) is 5.43 Å². The summed E-state index contributed by atoms with van der Waals surface area (Å²) in [4.78, 5) is 4.41. The highest BCUT2D eigenvalue weighted by molar-refractivity contribution is 5.83. The van der Waals surface area contributed by atoms with Crippen LogP contribution in [0.1, 0.15) is 33.8 Å². The van der Waals surface area contributed by atoms with Crippen LogP contribution in [0.3, 0.4) is 0 Å². The maximum atomic E-state index is 9.53. The Morgan fingerprint density at radius 1 is 1.17 bits per heavy atom. The van der Waals surface area contributed by atoms with Gasteiger partial charge in [-0.25, -0.2) is 4.98 Å². The second-order valence-electron chi connectivity index (χ2n) is 6.92. The van der Waals surface area contributed by atoms with Gasteiger partial charge in [-0.1, -0.05) is 0 Å². The zero-order valence-electron chi connectivity index (χ0n) is 17.9. The highest BCUT2D eigenvalue weighted by Crippen LogP contribution is 2.23. The van der Waals surface area contributed by atoms with E-state index in [1.165, 1.54) is 0 Å². The summed E-state index contributed by atoms with van der Waals surface area (Å²) >= 11 is 0. The molecule has 2 heterocycles. The second-order valence-corrected chi connectivity index (χ2v) is 6.92. The number of aromatic nitrogens is 2. The van der Waals surface area contributed by atoms with Crippen molar-refractivity contribution >= 4 is 12.0 Å². The molecule has 7 nitrogen and oxygen atoms in total. The zero-order valence-corrected chi connectivity index (χ0v) is 17.9. The lowest BCUT2D eigenvalue weighted by Gasteiger charge is -2.10. The predicted octanol–water partition coefficient (Wildman–Crippen LogP) is 4.27. The Morgan fingerprint density at radius 2 is 1.90 bits per heavy atom. The number of aryl methyl sites for hydroxylation is 2. The van der Waals surface area contributed by atoms with E-state index in [2.05, 4.69) is 39.1 Å². The minimum Gasteiger partial charge on any atom is -0.497 e. The Labute approximate surface area is 176 Å². The summed E-state index contributed by atoms with van der Waals surface area (Å²) in [5, 5.41) is 13.9. The third kappa shape index (κ3) is 4.34. The Bertz CT molecular complexity index is 1110. The number of hydrazone groups is 1. The van der Waals surface area contributed by atoms with Crippen LogP contribution in [0.25, 0.3) is 5.69 Å². The van der Waals surface area contributed by atoms with Gasteiger partial charge in [-0.15, -0.1) is 0 Å². The zero-order chi connectivity index (χ0) is 21.7. The number of rotatable bonds is 7. The summed E-state index contributed by atoms with van der Waals surface area (Å²) in [6.07, 6.45) is 1.74. The molecular formula is C23H25N5O2. The smallest absolute Gasteiger partial charge is 0.164 e. The minimum atomic E-state index is 0.341. The van der Waals surface area contributed by atoms with Crippen molar-refractivity contribution in [3.05, 3.63) is 70.2 Å². The van der Waals surface area contributed by atoms with Crippen molar-refractivity contribution in [2.45, 2.75) is 27.4 Å². The van der Waals surface area contributed by atoms with Gasteiger partial charge in [0.15, 0.2) is 5.82 Å². The van der Waals surface area contributed by atoms with E-state index < -0.39 is 0 Å². The molecular weight excluding hydrogens is 378 g/mol. The largest absolute Gasteiger partial charge is 0.497 e. The van der Waals surface area contributed by atoms with Crippen LogP contribution in [0, 0.1) is 32.1 Å². The van der Waals surface area contributed by atoms with Gasteiger partial charge in [0.2, 0.25) is 0 Å². The maximum Gasteiger partial charge on any atom is 0.164 e. The monoisotopic (exact) mass is 403 g/mol. The summed E-state index contributed by atoms with van der Waals surface area (Å²) in [7, 11) is 3.25. The normalized spacial score (nSPS) is 10.9. The summed E-state index contributed by atoms with van der Waals surface area (Å²) < 4.78 is 12.6. The van der Waals surface area contributed by atoms with E-state index in [0.29, 0.717) is 18.0 Å². The Morgan fingerprint density at radius 3 is 2.53 bits per heavy atom. The van der Waals surface area contributed by atoms with Crippen LogP contribution < -0.4 is 10.2 Å². The number of ether oxygens (including phenoxy) is 2. The number of benzene rings is 1. The molecule has 0 unspecified atom stereocenters. The van der Waals surface area contributed by atoms with E-state index >= 15 is 0 Å². The fraction of sp³-hybridized carbons (Fsp3) is 0.261. The predicted molar refractivity (Wildman–Crippen MR) is 117 cm³/mol. The molecule has 0 aliphatic carbocycles. The molecule has 1 aromatic carbocycles. The van der Waals surface area contributed by atoms with Gasteiger partial charge in [0, 0.05) is 41.0 Å². The van der Waals surface area contributed by atoms with Gasteiger partial charge in [-0.2, -0.15) is 10.4 Å². The van der Waals surface area contributed by atoms with Crippen molar-refractivity contribution in [1.29, 1.82) is 5.26 Å². The lowest BCUT2D eigenvalue weighted by Crippen LogP contribution is -2.04. The van der Waals surface area contributed by atoms with Gasteiger partial charge in [-0.05, 0) is 57.2 Å². The Hall–Kier alpha value is -3.63. The lowest BCUT2D eigenvalue weighted by molar-refractivity contribution is 0.184.